The van der Waals surface area contributed by atoms with Gasteiger partial charge >= 0.3 is 6.18 Å². The van der Waals surface area contributed by atoms with Crippen molar-refractivity contribution in [2.75, 3.05) is 42.7 Å². The fourth-order valence-electron chi connectivity index (χ4n) is 5.09. The largest absolute Gasteiger partial charge is 0.416 e. The van der Waals surface area contributed by atoms with Gasteiger partial charge < -0.3 is 26.0 Å². The van der Waals surface area contributed by atoms with Gasteiger partial charge in [-0.05, 0) is 44.0 Å². The molecule has 0 saturated carbocycles. The minimum atomic E-state index is -4.58. The molecule has 4 heterocycles. The first-order valence-corrected chi connectivity index (χ1v) is 13.8. The summed E-state index contributed by atoms with van der Waals surface area (Å²) in [5.41, 5.74) is 5.97. The number of likely N-dealkylation sites (tertiary alicyclic amines) is 1. The highest BCUT2D eigenvalue weighted by molar-refractivity contribution is 6.35. The van der Waals surface area contributed by atoms with Crippen LogP contribution in [-0.2, 0) is 15.7 Å². The third-order valence-electron chi connectivity index (χ3n) is 7.49. The lowest BCUT2D eigenvalue weighted by molar-refractivity contribution is -0.169. The van der Waals surface area contributed by atoms with Gasteiger partial charge in [0.15, 0.2) is 0 Å². The van der Waals surface area contributed by atoms with E-state index in [2.05, 4.69) is 20.6 Å². The highest BCUT2D eigenvalue weighted by atomic mass is 35.5. The second kappa shape index (κ2) is 11.8. The van der Waals surface area contributed by atoms with E-state index in [0.29, 0.717) is 37.6 Å². The third kappa shape index (κ3) is 6.42. The molecule has 1 unspecified atom stereocenters. The van der Waals surface area contributed by atoms with Crippen molar-refractivity contribution in [2.24, 2.45) is 5.41 Å². The Hall–Kier alpha value is -4.23. The number of nitrogen functional groups attached to an aromatic ring is 1. The van der Waals surface area contributed by atoms with Gasteiger partial charge in [-0.3, -0.25) is 15.0 Å². The number of hydrogen-bond acceptors (Lipinski definition) is 8. The van der Waals surface area contributed by atoms with Crippen LogP contribution < -0.4 is 16.4 Å². The molecule has 1 atom stereocenters. The zero-order valence-corrected chi connectivity index (χ0v) is 23.9. The Morgan fingerprint density at radius 1 is 1.16 bits per heavy atom. The van der Waals surface area contributed by atoms with Crippen molar-refractivity contribution >= 4 is 46.5 Å². The zero-order chi connectivity index (χ0) is 30.9. The van der Waals surface area contributed by atoms with E-state index in [-0.39, 0.29) is 45.4 Å². The molecule has 43 heavy (non-hydrogen) atoms. The Balaban J connectivity index is 1.32. The summed E-state index contributed by atoms with van der Waals surface area (Å²) < 4.78 is 44.3. The zero-order valence-electron chi connectivity index (χ0n) is 23.1. The number of ether oxygens (including phenoxy) is 1. The topological polar surface area (TPSA) is 146 Å². The first kappa shape index (κ1) is 30.2. The van der Waals surface area contributed by atoms with Crippen molar-refractivity contribution in [3.05, 3.63) is 76.1 Å². The predicted molar refractivity (Wildman–Crippen MR) is 155 cm³/mol. The predicted octanol–water partition coefficient (Wildman–Crippen LogP) is 4.84. The Kier molecular flexibility index (Phi) is 8.30. The van der Waals surface area contributed by atoms with Crippen LogP contribution >= 0.6 is 11.6 Å². The molecule has 2 aliphatic heterocycles. The summed E-state index contributed by atoms with van der Waals surface area (Å²) in [5.74, 6) is -0.804. The molecule has 2 saturated heterocycles. The van der Waals surface area contributed by atoms with Gasteiger partial charge in [0.2, 0.25) is 5.91 Å². The number of nitrogens with one attached hydrogen (secondary N) is 3. The molecule has 5 rings (SSSR count). The number of hydrogen-bond donors (Lipinski definition) is 4. The second-order valence-electron chi connectivity index (χ2n) is 10.9. The van der Waals surface area contributed by atoms with Crippen molar-refractivity contribution in [1.29, 1.82) is 5.41 Å². The van der Waals surface area contributed by atoms with Gasteiger partial charge in [0.25, 0.3) is 5.91 Å². The van der Waals surface area contributed by atoms with Gasteiger partial charge in [-0.1, -0.05) is 23.7 Å². The van der Waals surface area contributed by atoms with Crippen LogP contribution in [0.2, 0.25) is 5.02 Å². The van der Waals surface area contributed by atoms with Crippen LogP contribution in [0, 0.1) is 10.8 Å². The molecule has 0 bridgehead atoms. The molecule has 5 N–H and O–H groups in total. The molecule has 0 spiro atoms. The summed E-state index contributed by atoms with van der Waals surface area (Å²) in [5, 5.41) is 14.9. The number of alkyl halides is 3. The van der Waals surface area contributed by atoms with Crippen LogP contribution in [0.5, 0.6) is 0 Å². The Morgan fingerprint density at radius 3 is 2.51 bits per heavy atom. The van der Waals surface area contributed by atoms with Gasteiger partial charge in [0.1, 0.15) is 11.6 Å². The molecular weight excluding hydrogens is 587 g/mol. The number of nitrogens with two attached hydrogens (primary N) is 1. The SMILES string of the molecule is CC1(C(=O)N2CCCC(Nc3c(Cl)cnc(N)c3C(=N)c3ccc(C(=O)Nc4cc(C(F)(F)F)ccn4)cc3)C2)COC1. The molecule has 226 valence electrons. The van der Waals surface area contributed by atoms with Crippen LogP contribution in [0.3, 0.4) is 0 Å². The maximum Gasteiger partial charge on any atom is 0.416 e. The molecule has 14 heteroatoms. The lowest BCUT2D eigenvalue weighted by Gasteiger charge is -2.43. The maximum atomic E-state index is 13.1. The van der Waals surface area contributed by atoms with Crippen LogP contribution in [0.4, 0.5) is 30.5 Å². The van der Waals surface area contributed by atoms with Crippen molar-refractivity contribution in [3.63, 3.8) is 0 Å². The summed E-state index contributed by atoms with van der Waals surface area (Å²) in [4.78, 5) is 35.5. The summed E-state index contributed by atoms with van der Waals surface area (Å²) in [6.07, 6.45) is -0.668. The van der Waals surface area contributed by atoms with E-state index < -0.39 is 23.1 Å². The van der Waals surface area contributed by atoms with E-state index in [0.717, 1.165) is 31.2 Å². The van der Waals surface area contributed by atoms with Gasteiger partial charge in [0, 0.05) is 36.5 Å². The van der Waals surface area contributed by atoms with Crippen LogP contribution in [0.1, 0.15) is 46.8 Å². The number of piperidine rings is 1. The van der Waals surface area contributed by atoms with Gasteiger partial charge in [-0.15, -0.1) is 0 Å². The van der Waals surface area contributed by atoms with E-state index in [1.807, 2.05) is 11.8 Å². The number of anilines is 3. The first-order valence-electron chi connectivity index (χ1n) is 13.5. The average molecular weight is 616 g/mol. The fraction of sp³-hybridized carbons (Fsp3) is 0.345. The number of rotatable bonds is 7. The molecule has 0 radical (unpaired) electrons. The highest BCUT2D eigenvalue weighted by Crippen LogP contribution is 2.34. The molecule has 2 amide bonds. The number of halogens is 4. The summed E-state index contributed by atoms with van der Waals surface area (Å²) in [6, 6.07) is 7.31. The fourth-order valence-corrected chi connectivity index (χ4v) is 5.29. The number of benzene rings is 1. The summed E-state index contributed by atoms with van der Waals surface area (Å²) in [7, 11) is 0. The average Bonchev–Trinajstić information content (AvgIpc) is 2.97. The van der Waals surface area contributed by atoms with Crippen molar-refractivity contribution < 1.29 is 27.5 Å². The molecular formula is C29H29ClF3N7O3. The molecule has 0 aliphatic carbocycles. The van der Waals surface area contributed by atoms with Crippen molar-refractivity contribution in [3.8, 4) is 0 Å². The first-order chi connectivity index (χ1) is 20.4. The number of carbonyl (C=O) groups excluding carboxylic acids is 2. The van der Waals surface area contributed by atoms with Gasteiger partial charge in [-0.2, -0.15) is 13.2 Å². The van der Waals surface area contributed by atoms with Crippen LogP contribution in [0.15, 0.2) is 48.8 Å². The van der Waals surface area contributed by atoms with Crippen LogP contribution in [0.25, 0.3) is 0 Å². The molecule has 2 aromatic heterocycles. The van der Waals surface area contributed by atoms with E-state index in [9.17, 15) is 22.8 Å². The Bertz CT molecular complexity index is 1560. The summed E-state index contributed by atoms with van der Waals surface area (Å²) in [6.45, 7) is 3.79. The van der Waals surface area contributed by atoms with Gasteiger partial charge in [0.05, 0.1) is 52.4 Å². The second-order valence-corrected chi connectivity index (χ2v) is 11.3. The maximum absolute atomic E-state index is 13.1. The van der Waals surface area contributed by atoms with E-state index in [1.54, 1.807) is 0 Å². The molecule has 2 aliphatic rings. The minimum Gasteiger partial charge on any atom is -0.383 e. The number of pyridine rings is 2. The molecule has 2 fully saturated rings. The Morgan fingerprint density at radius 2 is 1.86 bits per heavy atom. The summed E-state index contributed by atoms with van der Waals surface area (Å²) >= 11 is 6.53. The van der Waals surface area contributed by atoms with E-state index >= 15 is 0 Å². The number of aromatic nitrogens is 2. The highest BCUT2D eigenvalue weighted by Gasteiger charge is 2.44. The smallest absolute Gasteiger partial charge is 0.383 e. The quantitative estimate of drug-likeness (QED) is 0.278. The number of amides is 2. The lowest BCUT2D eigenvalue weighted by Crippen LogP contribution is -2.56. The van der Waals surface area contributed by atoms with Gasteiger partial charge in [-0.25, -0.2) is 9.97 Å². The van der Waals surface area contributed by atoms with E-state index in [4.69, 9.17) is 27.5 Å². The third-order valence-corrected chi connectivity index (χ3v) is 7.78. The number of nitrogens with zero attached hydrogens (tertiary/aromatic N) is 3. The molecule has 10 nitrogen and oxygen atoms in total. The Labute approximate surface area is 250 Å². The van der Waals surface area contributed by atoms with Crippen LogP contribution in [-0.4, -0.2) is 64.7 Å². The van der Waals surface area contributed by atoms with E-state index in [1.165, 1.54) is 30.5 Å². The monoisotopic (exact) mass is 615 g/mol. The lowest BCUT2D eigenvalue weighted by atomic mass is 9.86. The molecule has 1 aromatic carbocycles. The normalized spacial score (nSPS) is 18.0. The number of carbonyl (C=O) groups is 2. The van der Waals surface area contributed by atoms with Crippen molar-refractivity contribution in [2.45, 2.75) is 32.0 Å². The molecule has 3 aromatic rings. The van der Waals surface area contributed by atoms with Crippen molar-refractivity contribution in [1.82, 2.24) is 14.9 Å². The minimum absolute atomic E-state index is 0.00984. The standard InChI is InChI=1S/C29H29ClF3N7O3/c1-28(14-43-15-28)27(42)40-10-2-3-19(13-40)38-24-20(30)12-37-25(35)22(24)23(34)16-4-6-17(7-5-16)26(41)39-21-11-18(8-9-36-21)29(31,32)33/h4-9,11-12,19,34H,2-3,10,13-15H2,1H3,(H3,35,37,38)(H,36,39,41).